The van der Waals surface area contributed by atoms with Gasteiger partial charge in [0, 0.05) is 31.6 Å². The van der Waals surface area contributed by atoms with Gasteiger partial charge in [-0.2, -0.15) is 9.38 Å². The van der Waals surface area contributed by atoms with Gasteiger partial charge in [0.25, 0.3) is 4.96 Å². The van der Waals surface area contributed by atoms with Crippen LogP contribution < -0.4 is 4.90 Å². The molecular formula is C18H27N5O3S. The van der Waals surface area contributed by atoms with Crippen molar-refractivity contribution in [2.24, 2.45) is 5.92 Å². The summed E-state index contributed by atoms with van der Waals surface area (Å²) in [5.41, 5.74) is 0. The maximum absolute atomic E-state index is 11.5. The second-order valence-corrected chi connectivity index (χ2v) is 8.68. The van der Waals surface area contributed by atoms with E-state index in [1.807, 2.05) is 5.38 Å². The highest BCUT2D eigenvalue weighted by Gasteiger charge is 2.31. The molecule has 4 rings (SSSR count). The molecule has 0 aromatic carbocycles. The average molecular weight is 394 g/mol. The summed E-state index contributed by atoms with van der Waals surface area (Å²) in [6.07, 6.45) is 5.67. The van der Waals surface area contributed by atoms with E-state index < -0.39 is 0 Å². The van der Waals surface area contributed by atoms with Gasteiger partial charge in [-0.1, -0.05) is 11.3 Å². The highest BCUT2D eigenvalue weighted by molar-refractivity contribution is 7.15. The van der Waals surface area contributed by atoms with E-state index in [4.69, 9.17) is 4.74 Å². The third-order valence-corrected chi connectivity index (χ3v) is 6.41. The van der Waals surface area contributed by atoms with Gasteiger partial charge in [-0.15, -0.1) is 0 Å². The first kappa shape index (κ1) is 18.6. The zero-order valence-electron chi connectivity index (χ0n) is 15.9. The van der Waals surface area contributed by atoms with Crippen LogP contribution in [0.25, 0.3) is 4.96 Å². The Kier molecular flexibility index (Phi) is 5.34. The first-order chi connectivity index (χ1) is 13.0. The fraction of sp³-hybridized carbons (Fsp3) is 0.722. The van der Waals surface area contributed by atoms with E-state index in [0.29, 0.717) is 28.9 Å². The van der Waals surface area contributed by atoms with Crippen molar-refractivity contribution in [1.29, 1.82) is 0 Å². The summed E-state index contributed by atoms with van der Waals surface area (Å²) >= 11 is 1.43. The van der Waals surface area contributed by atoms with Crippen LogP contribution in [0.15, 0.2) is 11.6 Å². The van der Waals surface area contributed by atoms with Crippen molar-refractivity contribution in [3.63, 3.8) is 0 Å². The van der Waals surface area contributed by atoms with Gasteiger partial charge < -0.3 is 19.8 Å². The third-order valence-electron chi connectivity index (χ3n) is 5.66. The summed E-state index contributed by atoms with van der Waals surface area (Å²) in [4.78, 5) is 21.0. The van der Waals surface area contributed by atoms with Crippen molar-refractivity contribution in [3.8, 4) is 0 Å². The SMILES string of the molecule is CC1CN(CCC2CCN(c3nc4sccn4c3[N+](=O)[O-])CC2)CC(C)O1. The molecule has 9 heteroatoms. The van der Waals surface area contributed by atoms with Gasteiger partial charge in [0.1, 0.15) is 6.20 Å². The van der Waals surface area contributed by atoms with Gasteiger partial charge in [-0.25, -0.2) is 0 Å². The maximum atomic E-state index is 11.5. The minimum absolute atomic E-state index is 0.0981. The minimum atomic E-state index is -0.311. The van der Waals surface area contributed by atoms with E-state index in [2.05, 4.69) is 28.6 Å². The second-order valence-electron chi connectivity index (χ2n) is 7.81. The number of anilines is 1. The predicted molar refractivity (Wildman–Crippen MR) is 106 cm³/mol. The zero-order valence-corrected chi connectivity index (χ0v) is 16.7. The van der Waals surface area contributed by atoms with Crippen LogP contribution in [0.2, 0.25) is 0 Å². The number of thiazole rings is 1. The number of fused-ring (bicyclic) bond motifs is 1. The molecule has 2 saturated heterocycles. The maximum Gasteiger partial charge on any atom is 0.373 e. The van der Waals surface area contributed by atoms with Crippen molar-refractivity contribution in [2.45, 2.75) is 45.3 Å². The number of piperidine rings is 1. The van der Waals surface area contributed by atoms with Crippen LogP contribution in [-0.4, -0.2) is 64.1 Å². The number of morpholine rings is 1. The highest BCUT2D eigenvalue weighted by atomic mass is 32.1. The Balaban J connectivity index is 1.33. The molecular weight excluding hydrogens is 366 g/mol. The van der Waals surface area contributed by atoms with Crippen LogP contribution in [0.5, 0.6) is 0 Å². The van der Waals surface area contributed by atoms with Crippen LogP contribution in [0.4, 0.5) is 11.6 Å². The molecule has 0 saturated carbocycles. The fourth-order valence-corrected chi connectivity index (χ4v) is 5.11. The lowest BCUT2D eigenvalue weighted by Gasteiger charge is -2.37. The van der Waals surface area contributed by atoms with Gasteiger partial charge >= 0.3 is 5.82 Å². The van der Waals surface area contributed by atoms with Gasteiger partial charge in [-0.3, -0.25) is 4.90 Å². The van der Waals surface area contributed by atoms with Crippen LogP contribution in [0.3, 0.4) is 0 Å². The molecule has 4 heterocycles. The molecule has 2 aromatic rings. The van der Waals surface area contributed by atoms with Gasteiger partial charge in [0.05, 0.1) is 12.2 Å². The molecule has 0 bridgehead atoms. The van der Waals surface area contributed by atoms with E-state index >= 15 is 0 Å². The summed E-state index contributed by atoms with van der Waals surface area (Å²) in [5.74, 6) is 1.31. The lowest BCUT2D eigenvalue weighted by molar-refractivity contribution is -0.389. The Morgan fingerprint density at radius 2 is 2.00 bits per heavy atom. The van der Waals surface area contributed by atoms with E-state index in [1.54, 1.807) is 10.6 Å². The third kappa shape index (κ3) is 3.95. The zero-order chi connectivity index (χ0) is 19.0. The molecule has 2 unspecified atom stereocenters. The van der Waals surface area contributed by atoms with Gasteiger partial charge in [-0.05, 0) is 50.5 Å². The smallest absolute Gasteiger partial charge is 0.373 e. The van der Waals surface area contributed by atoms with Crippen molar-refractivity contribution < 1.29 is 9.66 Å². The lowest BCUT2D eigenvalue weighted by Crippen LogP contribution is -2.46. The normalized spacial score (nSPS) is 25.3. The summed E-state index contributed by atoms with van der Waals surface area (Å²) in [7, 11) is 0. The van der Waals surface area contributed by atoms with Gasteiger partial charge in [0.15, 0.2) is 0 Å². The molecule has 2 aliphatic heterocycles. The van der Waals surface area contributed by atoms with Crippen LogP contribution in [-0.2, 0) is 4.74 Å². The lowest BCUT2D eigenvalue weighted by atomic mass is 9.93. The van der Waals surface area contributed by atoms with Gasteiger partial charge in [0.2, 0.25) is 5.82 Å². The topological polar surface area (TPSA) is 76.2 Å². The summed E-state index contributed by atoms with van der Waals surface area (Å²) in [6, 6.07) is 0. The van der Waals surface area contributed by atoms with E-state index in [-0.39, 0.29) is 10.7 Å². The molecule has 0 N–H and O–H groups in total. The Labute approximate surface area is 162 Å². The molecule has 2 atom stereocenters. The number of rotatable bonds is 5. The number of hydrogen-bond acceptors (Lipinski definition) is 7. The largest absolute Gasteiger partial charge is 0.373 e. The van der Waals surface area contributed by atoms with Crippen molar-refractivity contribution >= 4 is 27.9 Å². The molecule has 8 nitrogen and oxygen atoms in total. The number of ether oxygens (including phenoxy) is 1. The number of hydrogen-bond donors (Lipinski definition) is 0. The first-order valence-corrected chi connectivity index (χ1v) is 10.6. The number of nitro groups is 1. The quantitative estimate of drug-likeness (QED) is 0.574. The molecule has 2 fully saturated rings. The summed E-state index contributed by atoms with van der Waals surface area (Å²) < 4.78 is 7.40. The van der Waals surface area contributed by atoms with E-state index in [1.165, 1.54) is 17.8 Å². The summed E-state index contributed by atoms with van der Waals surface area (Å²) in [6.45, 7) is 9.11. The second kappa shape index (κ2) is 7.73. The number of imidazole rings is 1. The molecule has 0 radical (unpaired) electrons. The Hall–Kier alpha value is -1.71. The van der Waals surface area contributed by atoms with Crippen LogP contribution >= 0.6 is 11.3 Å². The molecule has 0 aliphatic carbocycles. The van der Waals surface area contributed by atoms with Crippen molar-refractivity contribution in [3.05, 3.63) is 21.7 Å². The summed E-state index contributed by atoms with van der Waals surface area (Å²) in [5, 5.41) is 13.4. The van der Waals surface area contributed by atoms with Crippen LogP contribution in [0, 0.1) is 16.0 Å². The monoisotopic (exact) mass is 393 g/mol. The Bertz CT molecular complexity index is 788. The predicted octanol–water partition coefficient (Wildman–Crippen LogP) is 3.02. The Morgan fingerprint density at radius 3 is 2.67 bits per heavy atom. The average Bonchev–Trinajstić information content (AvgIpc) is 3.20. The fourth-order valence-electron chi connectivity index (χ4n) is 4.41. The first-order valence-electron chi connectivity index (χ1n) is 9.74. The van der Waals surface area contributed by atoms with Crippen LogP contribution in [0.1, 0.15) is 33.1 Å². The number of nitrogens with zero attached hydrogens (tertiary/aromatic N) is 5. The standard InChI is InChI=1S/C18H27N5O3S/c1-13-11-20(12-14(2)26-13)6-3-15-4-7-21(8-5-15)16-17(23(24)25)22-9-10-27-18(22)19-16/h9-10,13-15H,3-8,11-12H2,1-2H3. The molecule has 0 amide bonds. The molecule has 2 aliphatic rings. The van der Waals surface area contributed by atoms with E-state index in [0.717, 1.165) is 45.6 Å². The highest BCUT2D eigenvalue weighted by Crippen LogP contribution is 2.34. The Morgan fingerprint density at radius 1 is 1.30 bits per heavy atom. The molecule has 2 aromatic heterocycles. The van der Waals surface area contributed by atoms with E-state index in [9.17, 15) is 10.1 Å². The van der Waals surface area contributed by atoms with Crippen molar-refractivity contribution in [2.75, 3.05) is 37.6 Å². The minimum Gasteiger partial charge on any atom is -0.373 e. The molecule has 0 spiro atoms. The molecule has 148 valence electrons. The van der Waals surface area contributed by atoms with Crippen molar-refractivity contribution in [1.82, 2.24) is 14.3 Å². The molecule has 27 heavy (non-hydrogen) atoms. The number of aromatic nitrogens is 2.